The zero-order valence-corrected chi connectivity index (χ0v) is 11.9. The van der Waals surface area contributed by atoms with E-state index in [9.17, 15) is 18.4 Å². The summed E-state index contributed by atoms with van der Waals surface area (Å²) in [5.74, 6) is -2.05. The minimum atomic E-state index is -0.757. The lowest BCUT2D eigenvalue weighted by molar-refractivity contribution is -0.144. The molecule has 1 N–H and O–H groups in total. The SMILES string of the molecule is COC(=O)C(C)CSCC(=O)Nc1cc(F)cc(F)c1. The second kappa shape index (κ2) is 7.84. The van der Waals surface area contributed by atoms with Crippen LogP contribution in [0.1, 0.15) is 6.92 Å². The minimum absolute atomic E-state index is 0.0640. The largest absolute Gasteiger partial charge is 0.469 e. The number of thioether (sulfide) groups is 1. The molecule has 20 heavy (non-hydrogen) atoms. The number of hydrogen-bond donors (Lipinski definition) is 1. The van der Waals surface area contributed by atoms with Gasteiger partial charge in [-0.2, -0.15) is 11.8 Å². The first-order valence-electron chi connectivity index (χ1n) is 5.84. The number of hydrogen-bond acceptors (Lipinski definition) is 4. The van der Waals surface area contributed by atoms with Crippen LogP contribution < -0.4 is 5.32 Å². The zero-order valence-electron chi connectivity index (χ0n) is 11.1. The van der Waals surface area contributed by atoms with Crippen LogP contribution in [0, 0.1) is 17.6 Å². The highest BCUT2D eigenvalue weighted by molar-refractivity contribution is 8.00. The summed E-state index contributed by atoms with van der Waals surface area (Å²) in [5.41, 5.74) is 0.0640. The molecule has 1 aromatic carbocycles. The van der Waals surface area contributed by atoms with E-state index in [1.54, 1.807) is 6.92 Å². The van der Waals surface area contributed by atoms with E-state index in [2.05, 4.69) is 10.1 Å². The van der Waals surface area contributed by atoms with Crippen molar-refractivity contribution in [3.05, 3.63) is 29.8 Å². The van der Waals surface area contributed by atoms with Crippen LogP contribution >= 0.6 is 11.8 Å². The lowest BCUT2D eigenvalue weighted by atomic mass is 10.2. The van der Waals surface area contributed by atoms with E-state index in [0.29, 0.717) is 5.75 Å². The molecule has 7 heteroatoms. The monoisotopic (exact) mass is 303 g/mol. The van der Waals surface area contributed by atoms with Crippen molar-refractivity contribution in [3.63, 3.8) is 0 Å². The predicted octanol–water partition coefficient (Wildman–Crippen LogP) is 2.45. The van der Waals surface area contributed by atoms with Gasteiger partial charge in [0.2, 0.25) is 5.91 Å². The van der Waals surface area contributed by atoms with Gasteiger partial charge < -0.3 is 10.1 Å². The summed E-state index contributed by atoms with van der Waals surface area (Å²) in [5, 5.41) is 2.38. The fourth-order valence-electron chi connectivity index (χ4n) is 1.42. The fraction of sp³-hybridized carbons (Fsp3) is 0.385. The molecular weight excluding hydrogens is 288 g/mol. The molecule has 1 unspecified atom stereocenters. The van der Waals surface area contributed by atoms with Gasteiger partial charge >= 0.3 is 5.97 Å². The van der Waals surface area contributed by atoms with Crippen LogP contribution in [0.25, 0.3) is 0 Å². The maximum atomic E-state index is 12.9. The minimum Gasteiger partial charge on any atom is -0.469 e. The summed E-state index contributed by atoms with van der Waals surface area (Å²) in [6.07, 6.45) is 0. The number of nitrogens with one attached hydrogen (secondary N) is 1. The van der Waals surface area contributed by atoms with Crippen molar-refractivity contribution in [1.82, 2.24) is 0 Å². The molecule has 0 aliphatic heterocycles. The Morgan fingerprint density at radius 2 is 1.90 bits per heavy atom. The second-order valence-electron chi connectivity index (χ2n) is 4.15. The molecule has 0 radical (unpaired) electrons. The first kappa shape index (κ1) is 16.4. The highest BCUT2D eigenvalue weighted by atomic mass is 32.2. The van der Waals surface area contributed by atoms with Gasteiger partial charge in [-0.25, -0.2) is 8.78 Å². The maximum absolute atomic E-state index is 12.9. The van der Waals surface area contributed by atoms with Crippen LogP contribution in [0.3, 0.4) is 0 Å². The molecule has 1 atom stereocenters. The van der Waals surface area contributed by atoms with Gasteiger partial charge in [0.05, 0.1) is 18.8 Å². The van der Waals surface area contributed by atoms with Crippen LogP contribution in [0.2, 0.25) is 0 Å². The third-order valence-corrected chi connectivity index (χ3v) is 3.55. The van der Waals surface area contributed by atoms with Gasteiger partial charge in [-0.15, -0.1) is 0 Å². The van der Waals surface area contributed by atoms with Gasteiger partial charge in [-0.3, -0.25) is 9.59 Å². The lowest BCUT2D eigenvalue weighted by Crippen LogP contribution is -2.18. The zero-order chi connectivity index (χ0) is 15.1. The number of ether oxygens (including phenoxy) is 1. The lowest BCUT2D eigenvalue weighted by Gasteiger charge is -2.09. The van der Waals surface area contributed by atoms with Gasteiger partial charge in [0.25, 0.3) is 0 Å². The van der Waals surface area contributed by atoms with E-state index < -0.39 is 17.5 Å². The van der Waals surface area contributed by atoms with Gasteiger partial charge in [0.15, 0.2) is 0 Å². The van der Waals surface area contributed by atoms with Crippen LogP contribution in [0.5, 0.6) is 0 Å². The second-order valence-corrected chi connectivity index (χ2v) is 5.18. The highest BCUT2D eigenvalue weighted by Crippen LogP contribution is 2.14. The quantitative estimate of drug-likeness (QED) is 0.820. The van der Waals surface area contributed by atoms with Gasteiger partial charge in [0, 0.05) is 17.5 Å². The normalized spacial score (nSPS) is 11.8. The summed E-state index contributed by atoms with van der Waals surface area (Å²) in [6.45, 7) is 1.69. The maximum Gasteiger partial charge on any atom is 0.309 e. The Morgan fingerprint density at radius 1 is 1.30 bits per heavy atom. The molecule has 1 aromatic rings. The van der Waals surface area contributed by atoms with Crippen molar-refractivity contribution in [3.8, 4) is 0 Å². The van der Waals surface area contributed by atoms with Gasteiger partial charge in [0.1, 0.15) is 11.6 Å². The van der Waals surface area contributed by atoms with Crippen molar-refractivity contribution in [2.24, 2.45) is 5.92 Å². The fourth-order valence-corrected chi connectivity index (χ4v) is 2.29. The molecule has 1 rings (SSSR count). The molecule has 1 amide bonds. The van der Waals surface area contributed by atoms with Crippen molar-refractivity contribution in [2.45, 2.75) is 6.92 Å². The molecule has 0 spiro atoms. The molecule has 0 heterocycles. The van der Waals surface area contributed by atoms with E-state index in [0.717, 1.165) is 18.2 Å². The molecule has 110 valence electrons. The molecular formula is C13H15F2NO3S. The topological polar surface area (TPSA) is 55.4 Å². The molecule has 0 saturated heterocycles. The van der Waals surface area contributed by atoms with Gasteiger partial charge in [-0.1, -0.05) is 6.92 Å². The van der Waals surface area contributed by atoms with Crippen molar-refractivity contribution in [1.29, 1.82) is 0 Å². The number of halogens is 2. The summed E-state index contributed by atoms with van der Waals surface area (Å²) >= 11 is 1.24. The van der Waals surface area contributed by atoms with Crippen molar-refractivity contribution in [2.75, 3.05) is 23.9 Å². The van der Waals surface area contributed by atoms with E-state index in [4.69, 9.17) is 0 Å². The predicted molar refractivity (Wildman–Crippen MR) is 73.5 cm³/mol. The third kappa shape index (κ3) is 5.56. The van der Waals surface area contributed by atoms with Crippen LogP contribution in [-0.4, -0.2) is 30.5 Å². The Kier molecular flexibility index (Phi) is 6.44. The van der Waals surface area contributed by atoms with Crippen LogP contribution in [-0.2, 0) is 14.3 Å². The molecule has 0 saturated carbocycles. The number of amides is 1. The molecule has 0 aromatic heterocycles. The molecule has 4 nitrogen and oxygen atoms in total. The van der Waals surface area contributed by atoms with Crippen molar-refractivity contribution >= 4 is 29.3 Å². The Hall–Kier alpha value is -1.63. The first-order valence-corrected chi connectivity index (χ1v) is 6.99. The summed E-state index contributed by atoms with van der Waals surface area (Å²) in [6, 6.07) is 2.79. The number of carbonyl (C=O) groups excluding carboxylic acids is 2. The Balaban J connectivity index is 2.39. The third-order valence-electron chi connectivity index (χ3n) is 2.35. The highest BCUT2D eigenvalue weighted by Gasteiger charge is 2.14. The average Bonchev–Trinajstić information content (AvgIpc) is 2.36. The summed E-state index contributed by atoms with van der Waals surface area (Å²) < 4.78 is 30.4. The summed E-state index contributed by atoms with van der Waals surface area (Å²) in [4.78, 5) is 22.7. The molecule has 0 fully saturated rings. The van der Waals surface area contributed by atoms with Crippen molar-refractivity contribution < 1.29 is 23.1 Å². The van der Waals surface area contributed by atoms with E-state index in [-0.39, 0.29) is 23.3 Å². The number of esters is 1. The summed E-state index contributed by atoms with van der Waals surface area (Å²) in [7, 11) is 1.30. The Bertz CT molecular complexity index is 476. The Labute approximate surface area is 119 Å². The number of methoxy groups -OCH3 is 1. The standard InChI is InChI=1S/C13H15F2NO3S/c1-8(13(18)19-2)6-20-7-12(17)16-11-4-9(14)3-10(15)5-11/h3-5,8H,6-7H2,1-2H3,(H,16,17). The smallest absolute Gasteiger partial charge is 0.309 e. The molecule has 0 aliphatic carbocycles. The van der Waals surface area contributed by atoms with Crippen LogP contribution in [0.4, 0.5) is 14.5 Å². The van der Waals surface area contributed by atoms with Crippen LogP contribution in [0.15, 0.2) is 18.2 Å². The van der Waals surface area contributed by atoms with E-state index >= 15 is 0 Å². The number of anilines is 1. The van der Waals surface area contributed by atoms with E-state index in [1.165, 1.54) is 18.9 Å². The van der Waals surface area contributed by atoms with E-state index in [1.807, 2.05) is 0 Å². The molecule has 0 bridgehead atoms. The first-order chi connectivity index (χ1) is 9.42. The number of benzene rings is 1. The number of carbonyl (C=O) groups is 2. The number of rotatable bonds is 6. The molecule has 0 aliphatic rings. The average molecular weight is 303 g/mol. The Morgan fingerprint density at radius 3 is 2.45 bits per heavy atom. The van der Waals surface area contributed by atoms with Gasteiger partial charge in [-0.05, 0) is 12.1 Å².